The molecule has 1 aliphatic heterocycles. The van der Waals surface area contributed by atoms with Gasteiger partial charge in [-0.05, 0) is 11.6 Å². The number of fused-ring (bicyclic) bond motifs is 1. The molecule has 1 aromatic rings. The van der Waals surface area contributed by atoms with Gasteiger partial charge in [0.25, 0.3) is 0 Å². The summed E-state index contributed by atoms with van der Waals surface area (Å²) in [6.07, 6.45) is -0.327. The maximum absolute atomic E-state index is 10.7. The average molecular weight is 194 g/mol. The molecule has 1 heterocycles. The van der Waals surface area contributed by atoms with Crippen LogP contribution in [-0.4, -0.2) is 24.3 Å². The Hall–Kier alpha value is -1.71. The first kappa shape index (κ1) is 8.87. The third-order valence-corrected chi connectivity index (χ3v) is 2.22. The first-order chi connectivity index (χ1) is 6.70. The number of carboxylic acid groups (broad SMARTS) is 1. The minimum absolute atomic E-state index is 0.425. The highest BCUT2D eigenvalue weighted by atomic mass is 16.5. The molecule has 4 nitrogen and oxygen atoms in total. The second kappa shape index (κ2) is 3.21. The van der Waals surface area contributed by atoms with E-state index in [0.717, 1.165) is 5.56 Å². The fraction of sp³-hybridized carbons (Fsp3) is 0.300. The number of carboxylic acids is 1. The summed E-state index contributed by atoms with van der Waals surface area (Å²) in [5, 5.41) is 8.76. The van der Waals surface area contributed by atoms with Gasteiger partial charge in [0.05, 0.1) is 7.11 Å². The van der Waals surface area contributed by atoms with Gasteiger partial charge in [-0.1, -0.05) is 6.07 Å². The number of hydrogen-bond donors (Lipinski definition) is 1. The van der Waals surface area contributed by atoms with Gasteiger partial charge < -0.3 is 14.6 Å². The molecular formula is C10H10O4. The Kier molecular flexibility index (Phi) is 2.04. The van der Waals surface area contributed by atoms with Crippen LogP contribution in [0.2, 0.25) is 0 Å². The molecule has 0 unspecified atom stereocenters. The molecule has 1 atom stereocenters. The lowest BCUT2D eigenvalue weighted by Crippen LogP contribution is -2.24. The predicted octanol–water partition coefficient (Wildman–Crippen LogP) is 1.08. The quantitative estimate of drug-likeness (QED) is 0.765. The lowest BCUT2D eigenvalue weighted by Gasteiger charge is -2.04. The molecule has 0 saturated heterocycles. The Morgan fingerprint density at radius 1 is 1.64 bits per heavy atom. The van der Waals surface area contributed by atoms with Crippen molar-refractivity contribution in [2.45, 2.75) is 12.5 Å². The van der Waals surface area contributed by atoms with Crippen LogP contribution < -0.4 is 9.47 Å². The number of ether oxygens (including phenoxy) is 2. The smallest absolute Gasteiger partial charge is 0.345 e. The highest BCUT2D eigenvalue weighted by Crippen LogP contribution is 2.32. The van der Waals surface area contributed by atoms with Crippen LogP contribution in [0.15, 0.2) is 18.2 Å². The maximum atomic E-state index is 10.7. The monoisotopic (exact) mass is 194 g/mol. The minimum Gasteiger partial charge on any atom is -0.497 e. The van der Waals surface area contributed by atoms with Gasteiger partial charge in [-0.2, -0.15) is 0 Å². The third kappa shape index (κ3) is 1.39. The summed E-state index contributed by atoms with van der Waals surface area (Å²) in [6.45, 7) is 0. The summed E-state index contributed by atoms with van der Waals surface area (Å²) in [7, 11) is 1.56. The number of methoxy groups -OCH3 is 1. The molecular weight excluding hydrogens is 184 g/mol. The number of rotatable bonds is 2. The van der Waals surface area contributed by atoms with Gasteiger partial charge >= 0.3 is 5.97 Å². The molecule has 1 N–H and O–H groups in total. The maximum Gasteiger partial charge on any atom is 0.345 e. The van der Waals surface area contributed by atoms with E-state index >= 15 is 0 Å². The third-order valence-electron chi connectivity index (χ3n) is 2.22. The topological polar surface area (TPSA) is 55.8 Å². The van der Waals surface area contributed by atoms with E-state index < -0.39 is 12.1 Å². The SMILES string of the molecule is COc1ccc2c(c1)O[C@@H](C(=O)O)C2. The predicted molar refractivity (Wildman–Crippen MR) is 48.7 cm³/mol. The molecule has 0 aliphatic carbocycles. The van der Waals surface area contributed by atoms with Crippen molar-refractivity contribution >= 4 is 5.97 Å². The molecule has 2 rings (SSSR count). The molecule has 0 amide bonds. The van der Waals surface area contributed by atoms with Gasteiger partial charge in [-0.3, -0.25) is 0 Å². The Morgan fingerprint density at radius 3 is 3.07 bits per heavy atom. The lowest BCUT2D eigenvalue weighted by molar-refractivity contribution is -0.144. The summed E-state index contributed by atoms with van der Waals surface area (Å²) in [6, 6.07) is 5.34. The Bertz CT molecular complexity index is 372. The lowest BCUT2D eigenvalue weighted by atomic mass is 10.1. The summed E-state index contributed by atoms with van der Waals surface area (Å²) < 4.78 is 10.2. The van der Waals surface area contributed by atoms with E-state index in [0.29, 0.717) is 17.9 Å². The second-order valence-electron chi connectivity index (χ2n) is 3.12. The molecule has 0 radical (unpaired) electrons. The summed E-state index contributed by atoms with van der Waals surface area (Å²) in [5.74, 6) is 0.353. The fourth-order valence-corrected chi connectivity index (χ4v) is 1.47. The Morgan fingerprint density at radius 2 is 2.43 bits per heavy atom. The van der Waals surface area contributed by atoms with E-state index in [-0.39, 0.29) is 0 Å². The molecule has 0 spiro atoms. The molecule has 0 bridgehead atoms. The number of benzene rings is 1. The van der Waals surface area contributed by atoms with Crippen LogP contribution in [0.3, 0.4) is 0 Å². The number of aliphatic carboxylic acids is 1. The molecule has 4 heteroatoms. The average Bonchev–Trinajstić information content (AvgIpc) is 2.59. The number of hydrogen-bond acceptors (Lipinski definition) is 3. The summed E-state index contributed by atoms with van der Waals surface area (Å²) in [5.41, 5.74) is 0.915. The Labute approximate surface area is 81.1 Å². The van der Waals surface area contributed by atoms with Crippen molar-refractivity contribution in [1.29, 1.82) is 0 Å². The molecule has 0 saturated carbocycles. The van der Waals surface area contributed by atoms with E-state index in [1.165, 1.54) is 0 Å². The van der Waals surface area contributed by atoms with Gasteiger partial charge in [0, 0.05) is 12.5 Å². The van der Waals surface area contributed by atoms with Gasteiger partial charge in [0.2, 0.25) is 0 Å². The van der Waals surface area contributed by atoms with E-state index in [4.69, 9.17) is 14.6 Å². The van der Waals surface area contributed by atoms with Gasteiger partial charge in [-0.15, -0.1) is 0 Å². The fourth-order valence-electron chi connectivity index (χ4n) is 1.47. The van der Waals surface area contributed by atoms with Crippen LogP contribution in [0.1, 0.15) is 5.56 Å². The van der Waals surface area contributed by atoms with Crippen molar-refractivity contribution in [2.24, 2.45) is 0 Å². The zero-order chi connectivity index (χ0) is 10.1. The van der Waals surface area contributed by atoms with Crippen molar-refractivity contribution < 1.29 is 19.4 Å². The largest absolute Gasteiger partial charge is 0.497 e. The number of carbonyl (C=O) groups is 1. The van der Waals surface area contributed by atoms with Crippen molar-refractivity contribution in [3.63, 3.8) is 0 Å². The first-order valence-electron chi connectivity index (χ1n) is 4.27. The molecule has 0 fully saturated rings. The highest BCUT2D eigenvalue weighted by Gasteiger charge is 2.28. The van der Waals surface area contributed by atoms with Crippen LogP contribution >= 0.6 is 0 Å². The molecule has 14 heavy (non-hydrogen) atoms. The molecule has 1 aromatic carbocycles. The van der Waals surface area contributed by atoms with Crippen LogP contribution in [0, 0.1) is 0 Å². The van der Waals surface area contributed by atoms with Crippen LogP contribution in [0.4, 0.5) is 0 Å². The summed E-state index contributed by atoms with van der Waals surface area (Å²) in [4.78, 5) is 10.7. The van der Waals surface area contributed by atoms with Crippen molar-refractivity contribution in [3.8, 4) is 11.5 Å². The first-order valence-corrected chi connectivity index (χ1v) is 4.27. The van der Waals surface area contributed by atoms with Crippen LogP contribution in [0.5, 0.6) is 11.5 Å². The van der Waals surface area contributed by atoms with Gasteiger partial charge in [-0.25, -0.2) is 4.79 Å². The molecule has 1 aliphatic rings. The molecule has 74 valence electrons. The normalized spacial score (nSPS) is 18.5. The van der Waals surface area contributed by atoms with Crippen molar-refractivity contribution in [2.75, 3.05) is 7.11 Å². The van der Waals surface area contributed by atoms with E-state index in [1.807, 2.05) is 6.07 Å². The van der Waals surface area contributed by atoms with E-state index in [2.05, 4.69) is 0 Å². The minimum atomic E-state index is -0.930. The Balaban J connectivity index is 2.27. The van der Waals surface area contributed by atoms with Crippen molar-refractivity contribution in [1.82, 2.24) is 0 Å². The second-order valence-corrected chi connectivity index (χ2v) is 3.12. The molecule has 0 aromatic heterocycles. The van der Waals surface area contributed by atoms with Gasteiger partial charge in [0.15, 0.2) is 6.10 Å². The zero-order valence-electron chi connectivity index (χ0n) is 7.69. The zero-order valence-corrected chi connectivity index (χ0v) is 7.69. The van der Waals surface area contributed by atoms with E-state index in [1.54, 1.807) is 19.2 Å². The summed E-state index contributed by atoms with van der Waals surface area (Å²) >= 11 is 0. The van der Waals surface area contributed by atoms with Crippen molar-refractivity contribution in [3.05, 3.63) is 23.8 Å². The highest BCUT2D eigenvalue weighted by molar-refractivity contribution is 5.74. The van der Waals surface area contributed by atoms with Gasteiger partial charge in [0.1, 0.15) is 11.5 Å². The standard InChI is InChI=1S/C10H10O4/c1-13-7-3-2-6-4-9(10(11)12)14-8(6)5-7/h2-3,5,9H,4H2,1H3,(H,11,12)/t9-/m1/s1. The van der Waals surface area contributed by atoms with Crippen LogP contribution in [-0.2, 0) is 11.2 Å². The van der Waals surface area contributed by atoms with Crippen LogP contribution in [0.25, 0.3) is 0 Å². The van der Waals surface area contributed by atoms with E-state index in [9.17, 15) is 4.79 Å².